The summed E-state index contributed by atoms with van der Waals surface area (Å²) in [5, 5.41) is 3.96. The van der Waals surface area contributed by atoms with Crippen molar-refractivity contribution in [2.24, 2.45) is 0 Å². The molecule has 0 saturated carbocycles. The lowest BCUT2D eigenvalue weighted by molar-refractivity contribution is 0.0933. The number of piperidine rings is 1. The maximum atomic E-state index is 13.9. The molecule has 1 aromatic heterocycles. The smallest absolute Gasteiger partial charge is 0.266 e. The Morgan fingerprint density at radius 1 is 1.08 bits per heavy atom. The summed E-state index contributed by atoms with van der Waals surface area (Å²) in [6, 6.07) is 3.08. The van der Waals surface area contributed by atoms with Crippen LogP contribution in [0.15, 0.2) is 23.1 Å². The number of hydrogen-bond donors (Lipinski definition) is 0. The average molecular weight is 383 g/mol. The number of nitrogens with zero attached hydrogens (tertiary/aromatic N) is 3. The van der Waals surface area contributed by atoms with E-state index in [9.17, 15) is 22.0 Å². The number of aryl methyl sites for hydroxylation is 1. The lowest BCUT2D eigenvalue weighted by Gasteiger charge is -2.25. The van der Waals surface area contributed by atoms with Gasteiger partial charge in [-0.2, -0.15) is 14.1 Å². The predicted octanol–water partition coefficient (Wildman–Crippen LogP) is 2.64. The van der Waals surface area contributed by atoms with Gasteiger partial charge in [-0.1, -0.05) is 12.5 Å². The van der Waals surface area contributed by atoms with Crippen LogP contribution in [0.4, 0.5) is 8.78 Å². The first-order chi connectivity index (χ1) is 12.2. The minimum absolute atomic E-state index is 0.0423. The summed E-state index contributed by atoms with van der Waals surface area (Å²) in [6.07, 6.45) is 2.50. The van der Waals surface area contributed by atoms with Crippen LogP contribution < -0.4 is 0 Å². The van der Waals surface area contributed by atoms with Gasteiger partial charge in [0.1, 0.15) is 22.1 Å². The van der Waals surface area contributed by atoms with Gasteiger partial charge in [0, 0.05) is 13.1 Å². The highest BCUT2D eigenvalue weighted by atomic mass is 32.2. The molecule has 0 atom stereocenters. The monoisotopic (exact) mass is 383 g/mol. The third-order valence-corrected chi connectivity index (χ3v) is 6.66. The van der Waals surface area contributed by atoms with Gasteiger partial charge in [0.05, 0.1) is 11.4 Å². The third kappa shape index (κ3) is 3.05. The van der Waals surface area contributed by atoms with Gasteiger partial charge < -0.3 is 0 Å². The quantitative estimate of drug-likeness (QED) is 0.817. The molecule has 0 spiro atoms. The largest absolute Gasteiger partial charge is 0.284 e. The van der Waals surface area contributed by atoms with Crippen LogP contribution in [0.2, 0.25) is 0 Å². The topological polar surface area (TPSA) is 72.3 Å². The van der Waals surface area contributed by atoms with E-state index >= 15 is 0 Å². The molecule has 9 heteroatoms. The maximum absolute atomic E-state index is 13.9. The average Bonchev–Trinajstić information content (AvgIpc) is 2.90. The number of rotatable bonds is 3. The Bertz CT molecular complexity index is 944. The van der Waals surface area contributed by atoms with Gasteiger partial charge >= 0.3 is 0 Å². The van der Waals surface area contributed by atoms with E-state index in [0.29, 0.717) is 13.1 Å². The molecule has 2 heterocycles. The van der Waals surface area contributed by atoms with Gasteiger partial charge in [-0.3, -0.25) is 4.79 Å². The molecule has 1 fully saturated rings. The van der Waals surface area contributed by atoms with Crippen LogP contribution in [-0.4, -0.2) is 41.5 Å². The summed E-state index contributed by atoms with van der Waals surface area (Å²) in [6.45, 7) is 3.68. The van der Waals surface area contributed by atoms with Crippen LogP contribution in [0, 0.1) is 25.5 Å². The Balaban J connectivity index is 2.07. The number of benzene rings is 1. The Morgan fingerprint density at radius 2 is 1.65 bits per heavy atom. The molecule has 6 nitrogen and oxygen atoms in total. The second kappa shape index (κ2) is 6.88. The molecule has 0 N–H and O–H groups in total. The number of carbonyl (C=O) groups excluding carboxylic acids is 1. The molecule has 1 saturated heterocycles. The lowest BCUT2D eigenvalue weighted by Crippen LogP contribution is -2.36. The molecule has 1 aromatic carbocycles. The summed E-state index contributed by atoms with van der Waals surface area (Å²) in [4.78, 5) is 12.5. The second-order valence-electron chi connectivity index (χ2n) is 6.28. The molecule has 0 amide bonds. The molecule has 0 aliphatic carbocycles. The first-order valence-electron chi connectivity index (χ1n) is 8.30. The Hall–Kier alpha value is -2.13. The molecule has 140 valence electrons. The molecule has 2 aromatic rings. The van der Waals surface area contributed by atoms with E-state index in [1.165, 1.54) is 18.2 Å². The highest BCUT2D eigenvalue weighted by Gasteiger charge is 2.33. The summed E-state index contributed by atoms with van der Waals surface area (Å²) >= 11 is 0. The van der Waals surface area contributed by atoms with E-state index in [1.807, 2.05) is 0 Å². The number of halogens is 2. The fourth-order valence-electron chi connectivity index (χ4n) is 3.24. The lowest BCUT2D eigenvalue weighted by atomic mass is 10.2. The van der Waals surface area contributed by atoms with Crippen LogP contribution in [-0.2, 0) is 10.0 Å². The second-order valence-corrected chi connectivity index (χ2v) is 8.15. The minimum atomic E-state index is -3.83. The van der Waals surface area contributed by atoms with Gasteiger partial charge in [-0.25, -0.2) is 17.2 Å². The zero-order valence-electron chi connectivity index (χ0n) is 14.5. The third-order valence-electron chi connectivity index (χ3n) is 4.51. The minimum Gasteiger partial charge on any atom is -0.266 e. The van der Waals surface area contributed by atoms with E-state index in [4.69, 9.17) is 0 Å². The number of hydrogen-bond acceptors (Lipinski definition) is 4. The molecular formula is C17H19F2N3O3S. The van der Waals surface area contributed by atoms with Gasteiger partial charge in [0.2, 0.25) is 10.0 Å². The molecule has 1 aliphatic rings. The van der Waals surface area contributed by atoms with E-state index in [2.05, 4.69) is 5.10 Å². The molecule has 0 unspecified atom stereocenters. The summed E-state index contributed by atoms with van der Waals surface area (Å²) in [7, 11) is -3.83. The predicted molar refractivity (Wildman–Crippen MR) is 90.4 cm³/mol. The number of aromatic nitrogens is 2. The van der Waals surface area contributed by atoms with Gasteiger partial charge in [-0.05, 0) is 38.8 Å². The van der Waals surface area contributed by atoms with Crippen LogP contribution in [0.25, 0.3) is 0 Å². The summed E-state index contributed by atoms with van der Waals surface area (Å²) in [5.41, 5.74) is -0.598. The van der Waals surface area contributed by atoms with Crippen molar-refractivity contribution in [1.29, 1.82) is 0 Å². The van der Waals surface area contributed by atoms with Crippen molar-refractivity contribution < 1.29 is 22.0 Å². The van der Waals surface area contributed by atoms with Gasteiger partial charge in [-0.15, -0.1) is 0 Å². The highest BCUT2D eigenvalue weighted by molar-refractivity contribution is 7.89. The van der Waals surface area contributed by atoms with Crippen molar-refractivity contribution in [3.05, 3.63) is 46.8 Å². The Labute approximate surface area is 150 Å². The number of sulfonamides is 1. The molecular weight excluding hydrogens is 364 g/mol. The van der Waals surface area contributed by atoms with E-state index in [0.717, 1.165) is 42.1 Å². The Kier molecular flexibility index (Phi) is 4.94. The molecule has 3 rings (SSSR count). The van der Waals surface area contributed by atoms with Gasteiger partial charge in [0.15, 0.2) is 0 Å². The first-order valence-corrected chi connectivity index (χ1v) is 9.74. The van der Waals surface area contributed by atoms with Crippen molar-refractivity contribution in [3.63, 3.8) is 0 Å². The summed E-state index contributed by atoms with van der Waals surface area (Å²) in [5.74, 6) is -3.09. The fraction of sp³-hybridized carbons (Fsp3) is 0.412. The Morgan fingerprint density at radius 3 is 2.23 bits per heavy atom. The van der Waals surface area contributed by atoms with Crippen LogP contribution in [0.5, 0.6) is 0 Å². The zero-order chi connectivity index (χ0) is 19.1. The van der Waals surface area contributed by atoms with E-state index in [-0.39, 0.29) is 16.3 Å². The molecule has 26 heavy (non-hydrogen) atoms. The zero-order valence-corrected chi connectivity index (χ0v) is 15.3. The molecule has 0 radical (unpaired) electrons. The normalized spacial score (nSPS) is 16.0. The summed E-state index contributed by atoms with van der Waals surface area (Å²) < 4.78 is 55.9. The van der Waals surface area contributed by atoms with Gasteiger partial charge in [0.25, 0.3) is 5.91 Å². The van der Waals surface area contributed by atoms with Crippen molar-refractivity contribution in [3.8, 4) is 0 Å². The SMILES string of the molecule is Cc1nn(C(=O)c2c(F)cccc2F)c(C)c1S(=O)(=O)N1CCCCC1. The molecule has 0 bridgehead atoms. The van der Waals surface area contributed by atoms with Crippen molar-refractivity contribution in [1.82, 2.24) is 14.1 Å². The van der Waals surface area contributed by atoms with E-state index < -0.39 is 33.1 Å². The van der Waals surface area contributed by atoms with E-state index in [1.54, 1.807) is 0 Å². The van der Waals surface area contributed by atoms with Crippen molar-refractivity contribution in [2.45, 2.75) is 38.0 Å². The highest BCUT2D eigenvalue weighted by Crippen LogP contribution is 2.27. The first kappa shape index (κ1) is 18.7. The fourth-order valence-corrected chi connectivity index (χ4v) is 5.11. The number of carbonyl (C=O) groups is 1. The standard InChI is InChI=1S/C17H19F2N3O3S/c1-11-16(26(24,25)21-9-4-3-5-10-21)12(2)22(20-11)17(23)15-13(18)7-6-8-14(15)19/h6-8H,3-5,9-10H2,1-2H3. The van der Waals surface area contributed by atoms with Crippen LogP contribution in [0.1, 0.15) is 41.0 Å². The van der Waals surface area contributed by atoms with Crippen LogP contribution >= 0.6 is 0 Å². The maximum Gasteiger partial charge on any atom is 0.284 e. The molecule has 1 aliphatic heterocycles. The van der Waals surface area contributed by atoms with Crippen molar-refractivity contribution in [2.75, 3.05) is 13.1 Å². The van der Waals surface area contributed by atoms with Crippen molar-refractivity contribution >= 4 is 15.9 Å². The van der Waals surface area contributed by atoms with Crippen LogP contribution in [0.3, 0.4) is 0 Å².